The zero-order valence-corrected chi connectivity index (χ0v) is 14.8. The number of carbonyl (C=O) groups excluding carboxylic acids is 1. The summed E-state index contributed by atoms with van der Waals surface area (Å²) >= 11 is 5.99. The monoisotopic (exact) mass is 353 g/mol. The minimum absolute atomic E-state index is 0.00759. The second-order valence-corrected chi connectivity index (χ2v) is 6.37. The summed E-state index contributed by atoms with van der Waals surface area (Å²) in [4.78, 5) is 16.9. The Morgan fingerprint density at radius 1 is 1.16 bits per heavy atom. The lowest BCUT2D eigenvalue weighted by Gasteiger charge is -2.19. The van der Waals surface area contributed by atoms with Gasteiger partial charge < -0.3 is 9.88 Å². The van der Waals surface area contributed by atoms with Crippen LogP contribution in [0.1, 0.15) is 29.4 Å². The lowest BCUT2D eigenvalue weighted by atomic mass is 10.0. The van der Waals surface area contributed by atoms with Crippen LogP contribution in [0, 0.1) is 0 Å². The highest BCUT2D eigenvalue weighted by molar-refractivity contribution is 6.30. The van der Waals surface area contributed by atoms with E-state index in [1.165, 1.54) is 0 Å². The van der Waals surface area contributed by atoms with Crippen molar-refractivity contribution in [2.75, 3.05) is 0 Å². The lowest BCUT2D eigenvalue weighted by Crippen LogP contribution is -2.31. The molecule has 1 amide bonds. The number of aryl methyl sites for hydroxylation is 2. The van der Waals surface area contributed by atoms with Crippen molar-refractivity contribution in [2.24, 2.45) is 7.05 Å². The maximum atomic E-state index is 12.5. The molecule has 2 aromatic carbocycles. The number of hydrogen-bond donors (Lipinski definition) is 1. The zero-order valence-electron chi connectivity index (χ0n) is 14.0. The van der Waals surface area contributed by atoms with Gasteiger partial charge in [-0.3, -0.25) is 4.79 Å². The quantitative estimate of drug-likeness (QED) is 0.730. The van der Waals surface area contributed by atoms with Gasteiger partial charge in [-0.05, 0) is 29.7 Å². The van der Waals surface area contributed by atoms with E-state index in [0.717, 1.165) is 17.0 Å². The fraction of sp³-hybridized carbons (Fsp3) is 0.200. The number of imidazole rings is 1. The number of hydrogen-bond acceptors (Lipinski definition) is 2. The van der Waals surface area contributed by atoms with Gasteiger partial charge in [0.05, 0.1) is 0 Å². The Bertz CT molecular complexity index is 828. The molecule has 0 aliphatic heterocycles. The van der Waals surface area contributed by atoms with Crippen LogP contribution in [0.5, 0.6) is 0 Å². The van der Waals surface area contributed by atoms with Crippen LogP contribution in [-0.2, 0) is 18.3 Å². The molecule has 1 N–H and O–H groups in total. The number of benzene rings is 2. The zero-order chi connectivity index (χ0) is 17.6. The molecule has 0 unspecified atom stereocenters. The molecule has 0 saturated heterocycles. The van der Waals surface area contributed by atoms with Gasteiger partial charge in [-0.1, -0.05) is 54.1 Å². The normalized spacial score (nSPS) is 11.9. The van der Waals surface area contributed by atoms with Crippen molar-refractivity contribution in [1.82, 2.24) is 14.9 Å². The molecule has 3 rings (SSSR count). The Morgan fingerprint density at radius 2 is 1.88 bits per heavy atom. The molecular formula is C20H20ClN3O. The van der Waals surface area contributed by atoms with Gasteiger partial charge in [-0.25, -0.2) is 4.98 Å². The summed E-state index contributed by atoms with van der Waals surface area (Å²) in [5.74, 6) is 0.780. The van der Waals surface area contributed by atoms with Gasteiger partial charge in [-0.15, -0.1) is 0 Å². The van der Waals surface area contributed by atoms with E-state index in [1.54, 1.807) is 6.20 Å². The third-order valence-corrected chi connectivity index (χ3v) is 4.36. The first-order valence-corrected chi connectivity index (χ1v) is 8.57. The maximum absolute atomic E-state index is 12.5. The fourth-order valence-corrected chi connectivity index (χ4v) is 2.87. The van der Waals surface area contributed by atoms with Crippen molar-refractivity contribution in [2.45, 2.75) is 18.9 Å². The summed E-state index contributed by atoms with van der Waals surface area (Å²) in [6, 6.07) is 17.2. The van der Waals surface area contributed by atoms with Gasteiger partial charge in [0.25, 0.3) is 0 Å². The molecule has 5 heteroatoms. The number of nitrogens with one attached hydrogen (secondary N) is 1. The van der Waals surface area contributed by atoms with Crippen LogP contribution in [0.3, 0.4) is 0 Å². The van der Waals surface area contributed by atoms with E-state index in [2.05, 4.69) is 10.3 Å². The number of nitrogens with zero attached hydrogens (tertiary/aromatic N) is 2. The summed E-state index contributed by atoms with van der Waals surface area (Å²) < 4.78 is 1.91. The number of halogens is 1. The SMILES string of the molecule is Cn1ccnc1[C@@H](NC(=O)CCc1ccccc1)c1ccc(Cl)cc1. The minimum atomic E-state index is -0.305. The Balaban J connectivity index is 1.74. The molecule has 1 atom stereocenters. The van der Waals surface area contributed by atoms with Crippen molar-refractivity contribution in [3.63, 3.8) is 0 Å². The van der Waals surface area contributed by atoms with Gasteiger partial charge in [0, 0.05) is 30.9 Å². The van der Waals surface area contributed by atoms with Crippen molar-refractivity contribution in [1.29, 1.82) is 0 Å². The largest absolute Gasteiger partial charge is 0.342 e. The van der Waals surface area contributed by atoms with Gasteiger partial charge in [0.15, 0.2) is 0 Å². The Hall–Kier alpha value is -2.59. The van der Waals surface area contributed by atoms with Crippen LogP contribution in [0.15, 0.2) is 67.0 Å². The summed E-state index contributed by atoms with van der Waals surface area (Å²) in [5.41, 5.74) is 2.10. The van der Waals surface area contributed by atoms with Crippen LogP contribution < -0.4 is 5.32 Å². The molecule has 0 radical (unpaired) electrons. The van der Waals surface area contributed by atoms with Crippen molar-refractivity contribution in [3.8, 4) is 0 Å². The second-order valence-electron chi connectivity index (χ2n) is 5.93. The standard InChI is InChI=1S/C20H20ClN3O/c1-24-14-13-22-20(24)19(16-8-10-17(21)11-9-16)23-18(25)12-7-15-5-3-2-4-6-15/h2-6,8-11,13-14,19H,7,12H2,1H3,(H,23,25)/t19-/m0/s1. The topological polar surface area (TPSA) is 46.9 Å². The van der Waals surface area contributed by atoms with Gasteiger partial charge in [-0.2, -0.15) is 0 Å². The Kier molecular flexibility index (Phi) is 5.51. The molecular weight excluding hydrogens is 334 g/mol. The average molecular weight is 354 g/mol. The van der Waals surface area contributed by atoms with E-state index in [0.29, 0.717) is 17.9 Å². The molecule has 0 aliphatic rings. The van der Waals surface area contributed by atoms with E-state index in [-0.39, 0.29) is 11.9 Å². The second kappa shape index (κ2) is 7.99. The number of rotatable bonds is 6. The highest BCUT2D eigenvalue weighted by Crippen LogP contribution is 2.22. The Labute approximate surface area is 152 Å². The molecule has 0 spiro atoms. The summed E-state index contributed by atoms with van der Waals surface area (Å²) in [5, 5.41) is 3.77. The van der Waals surface area contributed by atoms with Crippen LogP contribution >= 0.6 is 11.6 Å². The van der Waals surface area contributed by atoms with Crippen LogP contribution in [-0.4, -0.2) is 15.5 Å². The van der Waals surface area contributed by atoms with E-state index in [9.17, 15) is 4.79 Å². The molecule has 1 heterocycles. The highest BCUT2D eigenvalue weighted by Gasteiger charge is 2.20. The van der Waals surface area contributed by atoms with Crippen molar-refractivity contribution >= 4 is 17.5 Å². The molecule has 0 bridgehead atoms. The predicted octanol–water partition coefficient (Wildman–Crippen LogP) is 3.91. The molecule has 4 nitrogen and oxygen atoms in total. The maximum Gasteiger partial charge on any atom is 0.221 e. The number of aromatic nitrogens is 2. The summed E-state index contributed by atoms with van der Waals surface area (Å²) in [6.07, 6.45) is 4.74. The third-order valence-electron chi connectivity index (χ3n) is 4.11. The van der Waals surface area contributed by atoms with Crippen molar-refractivity contribution < 1.29 is 4.79 Å². The molecule has 1 aromatic heterocycles. The molecule has 128 valence electrons. The molecule has 3 aromatic rings. The molecule has 0 aliphatic carbocycles. The van der Waals surface area contributed by atoms with Crippen LogP contribution in [0.2, 0.25) is 5.02 Å². The van der Waals surface area contributed by atoms with Gasteiger partial charge in [0.2, 0.25) is 5.91 Å². The van der Waals surface area contributed by atoms with Crippen molar-refractivity contribution in [3.05, 3.63) is 89.0 Å². The summed E-state index contributed by atoms with van der Waals surface area (Å²) in [6.45, 7) is 0. The number of amides is 1. The number of carbonyl (C=O) groups is 1. The van der Waals surface area contributed by atoms with Gasteiger partial charge >= 0.3 is 0 Å². The first-order valence-electron chi connectivity index (χ1n) is 8.19. The fourth-order valence-electron chi connectivity index (χ4n) is 2.74. The predicted molar refractivity (Wildman–Crippen MR) is 99.4 cm³/mol. The minimum Gasteiger partial charge on any atom is -0.342 e. The first-order chi connectivity index (χ1) is 12.1. The van der Waals surface area contributed by atoms with Crippen LogP contribution in [0.25, 0.3) is 0 Å². The molecule has 0 saturated carbocycles. The van der Waals surface area contributed by atoms with E-state index >= 15 is 0 Å². The summed E-state index contributed by atoms with van der Waals surface area (Å²) in [7, 11) is 1.92. The lowest BCUT2D eigenvalue weighted by molar-refractivity contribution is -0.121. The third kappa shape index (κ3) is 4.48. The highest BCUT2D eigenvalue weighted by atomic mass is 35.5. The molecule has 0 fully saturated rings. The van der Waals surface area contributed by atoms with Gasteiger partial charge in [0.1, 0.15) is 11.9 Å². The Morgan fingerprint density at radius 3 is 2.52 bits per heavy atom. The van der Waals surface area contributed by atoms with Crippen LogP contribution in [0.4, 0.5) is 0 Å². The van der Waals surface area contributed by atoms with E-state index < -0.39 is 0 Å². The first kappa shape index (κ1) is 17.2. The smallest absolute Gasteiger partial charge is 0.221 e. The average Bonchev–Trinajstić information content (AvgIpc) is 3.05. The molecule has 25 heavy (non-hydrogen) atoms. The van der Waals surface area contributed by atoms with E-state index in [4.69, 9.17) is 11.6 Å². The van der Waals surface area contributed by atoms with E-state index in [1.807, 2.05) is 72.4 Å².